The molecule has 0 aliphatic carbocycles. The first-order valence-electron chi connectivity index (χ1n) is 9.05. The number of hydrogen-bond donors (Lipinski definition) is 1. The van der Waals surface area contributed by atoms with Crippen molar-refractivity contribution in [1.82, 2.24) is 4.90 Å². The molecule has 24 heavy (non-hydrogen) atoms. The molecule has 5 heteroatoms. The van der Waals surface area contributed by atoms with E-state index in [0.29, 0.717) is 26.4 Å². The van der Waals surface area contributed by atoms with Crippen molar-refractivity contribution in [3.05, 3.63) is 35.9 Å². The molecule has 1 aromatic rings. The zero-order valence-corrected chi connectivity index (χ0v) is 14.1. The van der Waals surface area contributed by atoms with Crippen LogP contribution in [-0.2, 0) is 20.8 Å². The number of morpholine rings is 1. The predicted octanol–water partition coefficient (Wildman–Crippen LogP) is 1.93. The van der Waals surface area contributed by atoms with Gasteiger partial charge in [0, 0.05) is 25.0 Å². The molecule has 1 N–H and O–H groups in total. The van der Waals surface area contributed by atoms with Gasteiger partial charge in [-0.2, -0.15) is 0 Å². The van der Waals surface area contributed by atoms with Crippen LogP contribution in [-0.4, -0.2) is 60.4 Å². The minimum Gasteiger partial charge on any atom is -0.390 e. The smallest absolute Gasteiger partial charge is 0.157 e. The van der Waals surface area contributed by atoms with Gasteiger partial charge in [0.25, 0.3) is 0 Å². The van der Waals surface area contributed by atoms with E-state index in [1.807, 2.05) is 0 Å². The molecule has 5 nitrogen and oxygen atoms in total. The summed E-state index contributed by atoms with van der Waals surface area (Å²) in [4.78, 5) is 2.52. The first-order chi connectivity index (χ1) is 11.7. The highest BCUT2D eigenvalue weighted by atomic mass is 16.7. The van der Waals surface area contributed by atoms with E-state index in [2.05, 4.69) is 35.2 Å². The van der Waals surface area contributed by atoms with Crippen molar-refractivity contribution < 1.29 is 19.3 Å². The Morgan fingerprint density at radius 3 is 2.38 bits per heavy atom. The van der Waals surface area contributed by atoms with Crippen molar-refractivity contribution in [3.63, 3.8) is 0 Å². The summed E-state index contributed by atoms with van der Waals surface area (Å²) in [5, 5.41) is 11.1. The summed E-state index contributed by atoms with van der Waals surface area (Å²) in [6.07, 6.45) is 2.92. The second-order valence-corrected chi connectivity index (χ2v) is 7.35. The normalized spacial score (nSPS) is 34.5. The van der Waals surface area contributed by atoms with Gasteiger partial charge >= 0.3 is 0 Å². The third-order valence-electron chi connectivity index (χ3n) is 5.53. The second kappa shape index (κ2) is 7.10. The third kappa shape index (κ3) is 3.65. The summed E-state index contributed by atoms with van der Waals surface area (Å²) in [7, 11) is 0. The van der Waals surface area contributed by atoms with Gasteiger partial charge in [0.1, 0.15) is 0 Å². The van der Waals surface area contributed by atoms with E-state index in [-0.39, 0.29) is 18.4 Å². The molecule has 0 amide bonds. The van der Waals surface area contributed by atoms with E-state index in [1.54, 1.807) is 0 Å². The van der Waals surface area contributed by atoms with Crippen LogP contribution in [0, 0.1) is 0 Å². The van der Waals surface area contributed by atoms with Gasteiger partial charge in [0.05, 0.1) is 32.0 Å². The van der Waals surface area contributed by atoms with Crippen molar-refractivity contribution in [2.24, 2.45) is 0 Å². The summed E-state index contributed by atoms with van der Waals surface area (Å²) in [5.74, 6) is 0. The maximum absolute atomic E-state index is 11.1. The fourth-order valence-corrected chi connectivity index (χ4v) is 4.36. The second-order valence-electron chi connectivity index (χ2n) is 7.35. The van der Waals surface area contributed by atoms with Crippen LogP contribution in [0.15, 0.2) is 30.3 Å². The average Bonchev–Trinajstić information content (AvgIpc) is 3.09. The first kappa shape index (κ1) is 16.5. The highest BCUT2D eigenvalue weighted by Crippen LogP contribution is 2.38. The van der Waals surface area contributed by atoms with Gasteiger partial charge in [-0.15, -0.1) is 0 Å². The maximum atomic E-state index is 11.1. The molecule has 0 aromatic heterocycles. The molecule has 4 rings (SSSR count). The minimum atomic E-state index is -0.623. The molecule has 1 aromatic carbocycles. The molecule has 3 heterocycles. The lowest BCUT2D eigenvalue weighted by Gasteiger charge is -2.52. The maximum Gasteiger partial charge on any atom is 0.157 e. The fraction of sp³-hybridized carbons (Fsp3) is 0.684. The predicted molar refractivity (Wildman–Crippen MR) is 89.5 cm³/mol. The van der Waals surface area contributed by atoms with Gasteiger partial charge in [-0.25, -0.2) is 0 Å². The summed E-state index contributed by atoms with van der Waals surface area (Å²) in [6, 6.07) is 11.1. The number of ether oxygens (including phenoxy) is 3. The van der Waals surface area contributed by atoms with Crippen LogP contribution in [0.2, 0.25) is 0 Å². The summed E-state index contributed by atoms with van der Waals surface area (Å²) >= 11 is 0. The third-order valence-corrected chi connectivity index (χ3v) is 5.53. The zero-order chi connectivity index (χ0) is 16.4. The van der Waals surface area contributed by atoms with Gasteiger partial charge < -0.3 is 19.3 Å². The van der Waals surface area contributed by atoms with Crippen LogP contribution in [0.4, 0.5) is 0 Å². The summed E-state index contributed by atoms with van der Waals surface area (Å²) < 4.78 is 16.8. The molecule has 0 radical (unpaired) electrons. The van der Waals surface area contributed by atoms with Crippen LogP contribution in [0.5, 0.6) is 0 Å². The van der Waals surface area contributed by atoms with Crippen molar-refractivity contribution in [2.45, 2.75) is 56.2 Å². The molecule has 132 valence electrons. The van der Waals surface area contributed by atoms with Crippen LogP contribution in [0.25, 0.3) is 0 Å². The Kier molecular flexibility index (Phi) is 4.88. The average molecular weight is 333 g/mol. The molecule has 3 fully saturated rings. The van der Waals surface area contributed by atoms with Gasteiger partial charge in [0.15, 0.2) is 6.29 Å². The van der Waals surface area contributed by atoms with E-state index in [9.17, 15) is 5.11 Å². The summed E-state index contributed by atoms with van der Waals surface area (Å²) in [5.41, 5.74) is 0.703. The van der Waals surface area contributed by atoms with E-state index in [0.717, 1.165) is 32.2 Å². The lowest BCUT2D eigenvalue weighted by atomic mass is 9.78. The Hall–Kier alpha value is -0.980. The SMILES string of the molecule is OC1(CCC2OCCO2)CC2COCC(C1)N2Cc1ccccc1. The standard InChI is InChI=1S/C19H27NO4/c21-19(7-6-18-23-8-9-24-18)10-16-13-22-14-17(11-19)20(16)12-15-4-2-1-3-5-15/h1-5,16-18,21H,6-14H2. The van der Waals surface area contributed by atoms with Gasteiger partial charge in [-0.1, -0.05) is 30.3 Å². The Morgan fingerprint density at radius 2 is 1.71 bits per heavy atom. The van der Waals surface area contributed by atoms with E-state index in [1.165, 1.54) is 5.56 Å². The van der Waals surface area contributed by atoms with Crippen LogP contribution in [0.1, 0.15) is 31.2 Å². The fourth-order valence-electron chi connectivity index (χ4n) is 4.36. The molecule has 3 aliphatic heterocycles. The van der Waals surface area contributed by atoms with Crippen LogP contribution >= 0.6 is 0 Å². The lowest BCUT2D eigenvalue weighted by Crippen LogP contribution is -2.61. The number of rotatable bonds is 5. The van der Waals surface area contributed by atoms with E-state index >= 15 is 0 Å². The first-order valence-corrected chi connectivity index (χ1v) is 9.05. The number of benzene rings is 1. The Balaban J connectivity index is 1.40. The molecular weight excluding hydrogens is 306 g/mol. The van der Waals surface area contributed by atoms with Gasteiger partial charge in [0.2, 0.25) is 0 Å². The van der Waals surface area contributed by atoms with Crippen molar-refractivity contribution in [3.8, 4) is 0 Å². The number of piperidine rings is 1. The number of hydrogen-bond acceptors (Lipinski definition) is 5. The number of aliphatic hydroxyl groups is 1. The number of fused-ring (bicyclic) bond motifs is 2. The molecule has 0 spiro atoms. The molecule has 2 unspecified atom stereocenters. The molecule has 0 saturated carbocycles. The van der Waals surface area contributed by atoms with Crippen molar-refractivity contribution in [1.29, 1.82) is 0 Å². The molecule has 3 saturated heterocycles. The molecule has 3 aliphatic rings. The lowest BCUT2D eigenvalue weighted by molar-refractivity contribution is -0.155. The Bertz CT molecular complexity index is 517. The monoisotopic (exact) mass is 333 g/mol. The molecular formula is C19H27NO4. The topological polar surface area (TPSA) is 51.2 Å². The van der Waals surface area contributed by atoms with Crippen molar-refractivity contribution >= 4 is 0 Å². The van der Waals surface area contributed by atoms with Gasteiger partial charge in [-0.05, 0) is 24.8 Å². The highest BCUT2D eigenvalue weighted by molar-refractivity contribution is 5.15. The summed E-state index contributed by atoms with van der Waals surface area (Å²) in [6.45, 7) is 3.70. The highest BCUT2D eigenvalue weighted by Gasteiger charge is 2.46. The number of nitrogens with zero attached hydrogens (tertiary/aromatic N) is 1. The van der Waals surface area contributed by atoms with Crippen LogP contribution < -0.4 is 0 Å². The van der Waals surface area contributed by atoms with Crippen LogP contribution in [0.3, 0.4) is 0 Å². The Labute approximate surface area is 143 Å². The minimum absolute atomic E-state index is 0.132. The quantitative estimate of drug-likeness (QED) is 0.892. The van der Waals surface area contributed by atoms with Gasteiger partial charge in [-0.3, -0.25) is 4.90 Å². The van der Waals surface area contributed by atoms with E-state index < -0.39 is 5.60 Å². The molecule has 2 bridgehead atoms. The zero-order valence-electron chi connectivity index (χ0n) is 14.1. The Morgan fingerprint density at radius 1 is 1.04 bits per heavy atom. The molecule has 2 atom stereocenters. The largest absolute Gasteiger partial charge is 0.390 e. The van der Waals surface area contributed by atoms with Crippen molar-refractivity contribution in [2.75, 3.05) is 26.4 Å². The van der Waals surface area contributed by atoms with E-state index in [4.69, 9.17) is 14.2 Å².